The zero-order valence-corrected chi connectivity index (χ0v) is 12.0. The molecular weight excluding hydrogens is 300 g/mol. The molecule has 0 aromatic heterocycles. The van der Waals surface area contributed by atoms with Crippen molar-refractivity contribution in [3.8, 4) is 0 Å². The number of thioether (sulfide) groups is 1. The topological polar surface area (TPSA) is 55.1 Å². The first-order valence-corrected chi connectivity index (χ1v) is 7.36. The first-order valence-electron chi connectivity index (χ1n) is 5.58. The van der Waals surface area contributed by atoms with Gasteiger partial charge in [-0.15, -0.1) is 11.8 Å². The maximum Gasteiger partial charge on any atom is 0.233 e. The zero-order chi connectivity index (χ0) is 12.5. The van der Waals surface area contributed by atoms with Crippen LogP contribution in [0.15, 0.2) is 33.6 Å². The lowest BCUT2D eigenvalue weighted by Crippen LogP contribution is -2.30. The Balaban J connectivity index is 2.09. The van der Waals surface area contributed by atoms with Crippen molar-refractivity contribution in [3.63, 3.8) is 0 Å². The van der Waals surface area contributed by atoms with Gasteiger partial charge in [0, 0.05) is 15.9 Å². The second-order valence-electron chi connectivity index (χ2n) is 3.54. The summed E-state index contributed by atoms with van der Waals surface area (Å²) in [7, 11) is 0. The van der Waals surface area contributed by atoms with Gasteiger partial charge in [0.1, 0.15) is 0 Å². The lowest BCUT2D eigenvalue weighted by atomic mass is 10.3. The number of unbranched alkanes of at least 4 members (excludes halogenated alkanes) is 1. The number of nitrogens with one attached hydrogen (secondary N) is 1. The highest BCUT2D eigenvalue weighted by Crippen LogP contribution is 2.27. The summed E-state index contributed by atoms with van der Waals surface area (Å²) in [4.78, 5) is 12.1. The monoisotopic (exact) mass is 316 g/mol. The Morgan fingerprint density at radius 1 is 1.35 bits per heavy atom. The molecule has 1 rings (SSSR count). The minimum Gasteiger partial charge on any atom is -0.355 e. The molecule has 0 bridgehead atoms. The van der Waals surface area contributed by atoms with Crippen LogP contribution < -0.4 is 11.1 Å². The van der Waals surface area contributed by atoms with E-state index >= 15 is 0 Å². The van der Waals surface area contributed by atoms with Gasteiger partial charge in [-0.2, -0.15) is 0 Å². The summed E-state index contributed by atoms with van der Waals surface area (Å²) in [6.07, 6.45) is 2.07. The minimum atomic E-state index is -0.0801. The molecule has 3 nitrogen and oxygen atoms in total. The zero-order valence-electron chi connectivity index (χ0n) is 9.62. The van der Waals surface area contributed by atoms with E-state index < -0.39 is 0 Å². The second kappa shape index (κ2) is 8.55. The van der Waals surface area contributed by atoms with Crippen LogP contribution in [0, 0.1) is 0 Å². The summed E-state index contributed by atoms with van der Waals surface area (Å²) in [5, 5.41) is 2.76. The number of carbonyl (C=O) groups is 1. The molecule has 0 saturated carbocycles. The highest BCUT2D eigenvalue weighted by molar-refractivity contribution is 9.10. The fraction of sp³-hybridized carbons (Fsp3) is 0.417. The number of rotatable bonds is 7. The van der Waals surface area contributed by atoms with E-state index in [2.05, 4.69) is 27.3 Å². The Hall–Kier alpha value is -0.520. The van der Waals surface area contributed by atoms with E-state index in [-0.39, 0.29) is 12.5 Å². The van der Waals surface area contributed by atoms with Gasteiger partial charge in [-0.1, -0.05) is 12.1 Å². The predicted octanol–water partition coefficient (Wildman–Crippen LogP) is 2.40. The molecule has 94 valence electrons. The molecule has 1 aromatic carbocycles. The number of amides is 1. The Kier molecular flexibility index (Phi) is 7.32. The maximum absolute atomic E-state index is 10.9. The fourth-order valence-corrected chi connectivity index (χ4v) is 2.85. The molecular formula is C12H17BrN2OS. The number of hydrogen-bond donors (Lipinski definition) is 2. The minimum absolute atomic E-state index is 0.0751. The number of carbonyl (C=O) groups excluding carboxylic acids is 1. The first-order chi connectivity index (χ1) is 8.24. The number of nitrogens with two attached hydrogens (primary N) is 1. The van der Waals surface area contributed by atoms with Crippen molar-refractivity contribution < 1.29 is 4.79 Å². The van der Waals surface area contributed by atoms with Gasteiger partial charge in [-0.25, -0.2) is 0 Å². The van der Waals surface area contributed by atoms with Crippen LogP contribution in [0.2, 0.25) is 0 Å². The summed E-state index contributed by atoms with van der Waals surface area (Å²) in [5.74, 6) is 0.977. The molecule has 1 aromatic rings. The molecule has 0 aliphatic carbocycles. The van der Waals surface area contributed by atoms with Crippen LogP contribution in [-0.4, -0.2) is 24.7 Å². The van der Waals surface area contributed by atoms with Crippen LogP contribution >= 0.6 is 27.7 Å². The number of benzene rings is 1. The number of hydrogen-bond acceptors (Lipinski definition) is 3. The Bertz CT molecular complexity index is 360. The van der Waals surface area contributed by atoms with Crippen LogP contribution in [0.1, 0.15) is 12.8 Å². The molecule has 0 aliphatic heterocycles. The average molecular weight is 317 g/mol. The van der Waals surface area contributed by atoms with E-state index in [0.717, 1.165) is 23.1 Å². The smallest absolute Gasteiger partial charge is 0.233 e. The molecule has 0 radical (unpaired) electrons. The summed E-state index contributed by atoms with van der Waals surface area (Å²) < 4.78 is 1.14. The quantitative estimate of drug-likeness (QED) is 0.600. The van der Waals surface area contributed by atoms with E-state index in [1.165, 1.54) is 4.90 Å². The molecule has 0 fully saturated rings. The van der Waals surface area contributed by atoms with Gasteiger partial charge in [-0.05, 0) is 46.7 Å². The third kappa shape index (κ3) is 6.10. The van der Waals surface area contributed by atoms with E-state index in [4.69, 9.17) is 5.73 Å². The van der Waals surface area contributed by atoms with Crippen LogP contribution in [0.5, 0.6) is 0 Å². The molecule has 5 heteroatoms. The Labute approximate surface area is 115 Å². The van der Waals surface area contributed by atoms with Gasteiger partial charge < -0.3 is 11.1 Å². The molecule has 3 N–H and O–H groups in total. The molecule has 0 unspecified atom stereocenters. The highest BCUT2D eigenvalue weighted by atomic mass is 79.9. The molecule has 17 heavy (non-hydrogen) atoms. The summed E-state index contributed by atoms with van der Waals surface area (Å²) in [6, 6.07) is 8.19. The normalized spacial score (nSPS) is 10.2. The SMILES string of the molecule is NCC(=O)NCCCCSc1ccccc1Br. The van der Waals surface area contributed by atoms with E-state index in [1.807, 2.05) is 30.0 Å². The van der Waals surface area contributed by atoms with E-state index in [1.54, 1.807) is 0 Å². The van der Waals surface area contributed by atoms with Crippen molar-refractivity contribution in [2.45, 2.75) is 17.7 Å². The summed E-state index contributed by atoms with van der Waals surface area (Å²) >= 11 is 5.34. The lowest BCUT2D eigenvalue weighted by molar-refractivity contribution is -0.119. The van der Waals surface area contributed by atoms with Crippen LogP contribution in [0.25, 0.3) is 0 Å². The molecule has 0 aliphatic rings. The molecule has 0 atom stereocenters. The predicted molar refractivity (Wildman–Crippen MR) is 76.2 cm³/mol. The lowest BCUT2D eigenvalue weighted by Gasteiger charge is -2.05. The third-order valence-corrected chi connectivity index (χ3v) is 4.29. The Morgan fingerprint density at radius 3 is 2.82 bits per heavy atom. The first kappa shape index (κ1) is 14.5. The number of halogens is 1. The fourth-order valence-electron chi connectivity index (χ4n) is 1.27. The molecule has 0 spiro atoms. The molecule has 0 heterocycles. The summed E-state index contributed by atoms with van der Waals surface area (Å²) in [5.41, 5.74) is 5.18. The van der Waals surface area contributed by atoms with Gasteiger partial charge in [-0.3, -0.25) is 4.79 Å². The molecule has 0 saturated heterocycles. The maximum atomic E-state index is 10.9. The van der Waals surface area contributed by atoms with E-state index in [9.17, 15) is 4.79 Å². The highest BCUT2D eigenvalue weighted by Gasteiger charge is 1.99. The van der Waals surface area contributed by atoms with Crippen molar-refractivity contribution in [1.29, 1.82) is 0 Å². The van der Waals surface area contributed by atoms with Crippen LogP contribution in [-0.2, 0) is 4.79 Å². The largest absolute Gasteiger partial charge is 0.355 e. The summed E-state index contributed by atoms with van der Waals surface area (Å²) in [6.45, 7) is 0.790. The van der Waals surface area contributed by atoms with Crippen molar-refractivity contribution in [1.82, 2.24) is 5.32 Å². The van der Waals surface area contributed by atoms with Gasteiger partial charge in [0.15, 0.2) is 0 Å². The van der Waals surface area contributed by atoms with Crippen LogP contribution in [0.4, 0.5) is 0 Å². The van der Waals surface area contributed by atoms with Crippen LogP contribution in [0.3, 0.4) is 0 Å². The van der Waals surface area contributed by atoms with Gasteiger partial charge in [0.05, 0.1) is 6.54 Å². The molecule has 1 amide bonds. The standard InChI is InChI=1S/C12H17BrN2OS/c13-10-5-1-2-6-11(10)17-8-4-3-7-15-12(16)9-14/h1-2,5-6H,3-4,7-9,14H2,(H,15,16). The van der Waals surface area contributed by atoms with E-state index in [0.29, 0.717) is 6.54 Å². The van der Waals surface area contributed by atoms with Gasteiger partial charge in [0.25, 0.3) is 0 Å². The van der Waals surface area contributed by atoms with Crippen molar-refractivity contribution in [3.05, 3.63) is 28.7 Å². The van der Waals surface area contributed by atoms with Crippen molar-refractivity contribution in [2.75, 3.05) is 18.8 Å². The van der Waals surface area contributed by atoms with Gasteiger partial charge >= 0.3 is 0 Å². The van der Waals surface area contributed by atoms with Crippen molar-refractivity contribution >= 4 is 33.6 Å². The van der Waals surface area contributed by atoms with Gasteiger partial charge in [0.2, 0.25) is 5.91 Å². The second-order valence-corrected chi connectivity index (χ2v) is 5.53. The average Bonchev–Trinajstić information content (AvgIpc) is 2.35. The van der Waals surface area contributed by atoms with Crippen molar-refractivity contribution in [2.24, 2.45) is 5.73 Å². The third-order valence-electron chi connectivity index (χ3n) is 2.17. The Morgan fingerprint density at radius 2 is 2.12 bits per heavy atom.